The fourth-order valence-electron chi connectivity index (χ4n) is 5.69. The lowest BCUT2D eigenvalue weighted by Crippen LogP contribution is -2.43. The first-order chi connectivity index (χ1) is 15.5. The van der Waals surface area contributed by atoms with Crippen LogP contribution in [0.4, 0.5) is 0 Å². The van der Waals surface area contributed by atoms with Crippen molar-refractivity contribution in [1.29, 1.82) is 0 Å². The van der Waals surface area contributed by atoms with Gasteiger partial charge in [0.15, 0.2) is 0 Å². The summed E-state index contributed by atoms with van der Waals surface area (Å²) in [6.45, 7) is 2.66. The lowest BCUT2D eigenvalue weighted by Gasteiger charge is -2.45. The number of rotatable bonds is 10. The molecule has 0 unspecified atom stereocenters. The van der Waals surface area contributed by atoms with Crippen molar-refractivity contribution in [2.45, 2.75) is 71.6 Å². The van der Waals surface area contributed by atoms with Crippen LogP contribution in [-0.2, 0) is 19.9 Å². The maximum atomic E-state index is 13.0. The molecule has 1 amide bonds. The van der Waals surface area contributed by atoms with Crippen molar-refractivity contribution in [3.05, 3.63) is 52.6 Å². The molecule has 1 aromatic carbocycles. The van der Waals surface area contributed by atoms with E-state index in [1.165, 1.54) is 50.5 Å². The Hall–Kier alpha value is -1.85. The third-order valence-electron chi connectivity index (χ3n) is 7.40. The van der Waals surface area contributed by atoms with E-state index in [0.717, 1.165) is 50.5 Å². The average molecular weight is 473 g/mol. The molecule has 1 heterocycles. The number of carbonyl (C=O) groups excluding carboxylic acids is 1. The Morgan fingerprint density at radius 3 is 2.73 bits per heavy atom. The number of nitrogens with zero attached hydrogens (tertiary/aromatic N) is 2. The van der Waals surface area contributed by atoms with Crippen molar-refractivity contribution < 1.29 is 4.79 Å². The molecule has 1 aromatic heterocycles. The molecule has 4 rings (SSSR count). The van der Waals surface area contributed by atoms with Crippen LogP contribution >= 0.6 is 11.6 Å². The van der Waals surface area contributed by atoms with E-state index in [-0.39, 0.29) is 13.3 Å². The number of aromatic nitrogens is 2. The smallest absolute Gasteiger partial charge is 0.252 e. The molecular formula is C27H41ClN4O. The lowest BCUT2D eigenvalue weighted by molar-refractivity contribution is 0.0682. The normalized spacial score (nSPS) is 21.9. The van der Waals surface area contributed by atoms with Crippen LogP contribution in [0.15, 0.2) is 30.7 Å². The molecule has 2 saturated carbocycles. The molecule has 0 atom stereocenters. The number of amides is 1. The van der Waals surface area contributed by atoms with Gasteiger partial charge in [-0.15, -0.1) is 0 Å². The zero-order valence-corrected chi connectivity index (χ0v) is 20.1. The van der Waals surface area contributed by atoms with E-state index in [2.05, 4.69) is 21.8 Å². The highest BCUT2D eigenvalue weighted by Crippen LogP contribution is 2.48. The van der Waals surface area contributed by atoms with E-state index < -0.39 is 0 Å². The van der Waals surface area contributed by atoms with Gasteiger partial charge in [-0.25, -0.2) is 4.98 Å². The number of fused-ring (bicyclic) bond motifs is 2. The maximum Gasteiger partial charge on any atom is 0.252 e. The first-order valence-corrected chi connectivity index (χ1v) is 12.6. The summed E-state index contributed by atoms with van der Waals surface area (Å²) >= 11 is 6.40. The van der Waals surface area contributed by atoms with Crippen LogP contribution < -0.4 is 10.6 Å². The number of benzene rings is 1. The minimum atomic E-state index is -0.0209. The molecule has 0 spiro atoms. The largest absolute Gasteiger partial charge is 0.351 e. The number of hydrogen-bond donors (Lipinski definition) is 2. The van der Waals surface area contributed by atoms with E-state index in [0.29, 0.717) is 16.0 Å². The Kier molecular flexibility index (Phi) is 9.39. The van der Waals surface area contributed by atoms with Crippen LogP contribution in [0.3, 0.4) is 0 Å². The van der Waals surface area contributed by atoms with E-state index >= 15 is 0 Å². The molecule has 0 saturated heterocycles. The quantitative estimate of drug-likeness (QED) is 0.445. The Morgan fingerprint density at radius 2 is 2.00 bits per heavy atom. The number of nitrogens with one attached hydrogen (secondary N) is 2. The van der Waals surface area contributed by atoms with Gasteiger partial charge in [0.25, 0.3) is 5.91 Å². The first kappa shape index (κ1) is 25.8. The second-order valence-corrected chi connectivity index (χ2v) is 10.4. The summed E-state index contributed by atoms with van der Waals surface area (Å²) in [5.41, 5.74) is 3.22. The van der Waals surface area contributed by atoms with Crippen LogP contribution in [0, 0.1) is 11.3 Å². The highest BCUT2D eigenvalue weighted by Gasteiger charge is 2.39. The third-order valence-corrected chi connectivity index (χ3v) is 7.72. The summed E-state index contributed by atoms with van der Waals surface area (Å²) in [7, 11) is 1.99. The summed E-state index contributed by atoms with van der Waals surface area (Å²) in [5.74, 6) is 0.853. The second-order valence-electron chi connectivity index (χ2n) is 9.99. The molecule has 182 valence electrons. The monoisotopic (exact) mass is 472 g/mol. The van der Waals surface area contributed by atoms with Crippen LogP contribution in [-0.4, -0.2) is 35.1 Å². The fraction of sp³-hybridized carbons (Fsp3) is 0.630. The number of aryl methyl sites for hydroxylation is 2. The highest BCUT2D eigenvalue weighted by atomic mass is 35.5. The predicted octanol–water partition coefficient (Wildman–Crippen LogP) is 5.56. The lowest BCUT2D eigenvalue weighted by atomic mass is 9.62. The summed E-state index contributed by atoms with van der Waals surface area (Å²) in [5, 5.41) is 7.27. The minimum absolute atomic E-state index is 0. The maximum absolute atomic E-state index is 13.0. The predicted molar refractivity (Wildman–Crippen MR) is 137 cm³/mol. The highest BCUT2D eigenvalue weighted by molar-refractivity contribution is 6.33. The Balaban J connectivity index is 0.00000306. The van der Waals surface area contributed by atoms with Gasteiger partial charge in [0.1, 0.15) is 0 Å². The summed E-state index contributed by atoms with van der Waals surface area (Å²) in [4.78, 5) is 17.3. The Morgan fingerprint density at radius 1 is 1.21 bits per heavy atom. The Bertz CT molecular complexity index is 899. The van der Waals surface area contributed by atoms with Gasteiger partial charge in [0, 0.05) is 32.8 Å². The van der Waals surface area contributed by atoms with Crippen LogP contribution in [0.5, 0.6) is 0 Å². The molecule has 2 N–H and O–H groups in total. The number of carbonyl (C=O) groups is 1. The van der Waals surface area contributed by atoms with Crippen molar-refractivity contribution in [1.82, 2.24) is 20.2 Å². The molecule has 2 bridgehead atoms. The first-order valence-electron chi connectivity index (χ1n) is 12.3. The van der Waals surface area contributed by atoms with Gasteiger partial charge >= 0.3 is 0 Å². The third kappa shape index (κ3) is 7.07. The molecule has 2 aliphatic rings. The molecule has 6 heteroatoms. The molecule has 33 heavy (non-hydrogen) atoms. The molecule has 2 aliphatic carbocycles. The van der Waals surface area contributed by atoms with Gasteiger partial charge in [-0.3, -0.25) is 4.79 Å². The van der Waals surface area contributed by atoms with Crippen LogP contribution in [0.2, 0.25) is 5.02 Å². The summed E-state index contributed by atoms with van der Waals surface area (Å²) in [6.07, 6.45) is 16.0. The molecule has 2 aromatic rings. The summed E-state index contributed by atoms with van der Waals surface area (Å²) < 4.78 is 1.98. The molecule has 0 radical (unpaired) electrons. The average Bonchev–Trinajstić information content (AvgIpc) is 3.20. The summed E-state index contributed by atoms with van der Waals surface area (Å²) in [6, 6.07) is 5.89. The molecular weight excluding hydrogens is 432 g/mol. The van der Waals surface area contributed by atoms with E-state index in [1.54, 1.807) is 0 Å². The van der Waals surface area contributed by atoms with Gasteiger partial charge in [-0.05, 0) is 67.7 Å². The van der Waals surface area contributed by atoms with E-state index in [1.807, 2.05) is 36.1 Å². The van der Waals surface area contributed by atoms with E-state index in [4.69, 9.17) is 11.6 Å². The number of hydrogen-bond acceptors (Lipinski definition) is 3. The zero-order valence-electron chi connectivity index (χ0n) is 19.3. The van der Waals surface area contributed by atoms with Crippen molar-refractivity contribution in [2.24, 2.45) is 18.4 Å². The second kappa shape index (κ2) is 12.0. The van der Waals surface area contributed by atoms with Crippen molar-refractivity contribution in [3.8, 4) is 0 Å². The van der Waals surface area contributed by atoms with Crippen molar-refractivity contribution in [3.63, 3.8) is 0 Å². The van der Waals surface area contributed by atoms with Crippen molar-refractivity contribution >= 4 is 17.5 Å². The number of halogens is 1. The van der Waals surface area contributed by atoms with Gasteiger partial charge in [-0.1, -0.05) is 50.8 Å². The minimum Gasteiger partial charge on any atom is -0.351 e. The Labute approximate surface area is 204 Å². The van der Waals surface area contributed by atoms with Gasteiger partial charge in [-0.2, -0.15) is 0 Å². The molecule has 0 aliphatic heterocycles. The van der Waals surface area contributed by atoms with Crippen LogP contribution in [0.1, 0.15) is 80.4 Å². The molecule has 5 nitrogen and oxygen atoms in total. The molecule has 2 fully saturated rings. The van der Waals surface area contributed by atoms with Gasteiger partial charge in [0.2, 0.25) is 0 Å². The zero-order chi connectivity index (χ0) is 22.4. The topological polar surface area (TPSA) is 59.0 Å². The number of imidazole rings is 1. The van der Waals surface area contributed by atoms with Gasteiger partial charge < -0.3 is 15.2 Å². The van der Waals surface area contributed by atoms with Crippen LogP contribution in [0.25, 0.3) is 0 Å². The SMILES string of the molecule is C.Cn1cnc(CCNCCCc2ccc(Cl)c(C(=O)NCC34CCCC(CCC3)C4)c2)c1. The van der Waals surface area contributed by atoms with Crippen molar-refractivity contribution in [2.75, 3.05) is 19.6 Å². The van der Waals surface area contributed by atoms with E-state index in [9.17, 15) is 4.79 Å². The standard InChI is InChI=1S/C26H37ClN4O.CH4/c1-31-17-22(30-19-31)10-14-28-13-4-7-20-8-9-24(27)23(15-20)25(32)29-18-26-11-2-5-21(16-26)6-3-12-26;/h8-9,15,17,19,21,28H,2-7,10-14,16,18H2,1H3,(H,29,32);1H4. The fourth-order valence-corrected chi connectivity index (χ4v) is 5.89. The van der Waals surface area contributed by atoms with Gasteiger partial charge in [0.05, 0.1) is 22.6 Å².